The second-order valence-electron chi connectivity index (χ2n) is 8.87. The zero-order valence-corrected chi connectivity index (χ0v) is 21.2. The number of aliphatic hydroxyl groups excluding tert-OH is 3. The van der Waals surface area contributed by atoms with Gasteiger partial charge in [0.05, 0.1) is 6.61 Å². The molecule has 1 aliphatic rings. The Morgan fingerprint density at radius 3 is 1.47 bits per heavy atom. The van der Waals surface area contributed by atoms with Crippen LogP contribution < -0.4 is 0 Å². The van der Waals surface area contributed by atoms with Gasteiger partial charge in [-0.2, -0.15) is 0 Å². The highest BCUT2D eigenvalue weighted by Gasteiger charge is 2.46. The standard InChI is InChI=1S/C26H28O6.C5H5N/c1-30-25-24(29)23(28)22(27)21(32-25)17-31-26(18-11-5-2-6-12-18,19-13-7-3-8-14-19)20-15-9-4-10-16-20;1-2-4-6-5-3-1/h2-16,21-25,27-29H,17H2,1H3;1-5H. The van der Waals surface area contributed by atoms with Gasteiger partial charge in [0.1, 0.15) is 30.0 Å². The van der Waals surface area contributed by atoms with Crippen LogP contribution in [0.15, 0.2) is 122 Å². The summed E-state index contributed by atoms with van der Waals surface area (Å²) < 4.78 is 17.5. The lowest BCUT2D eigenvalue weighted by molar-refractivity contribution is -0.299. The third-order valence-electron chi connectivity index (χ3n) is 6.47. The predicted molar refractivity (Wildman–Crippen MR) is 143 cm³/mol. The van der Waals surface area contributed by atoms with Crippen molar-refractivity contribution in [2.75, 3.05) is 13.7 Å². The van der Waals surface area contributed by atoms with Crippen molar-refractivity contribution in [3.05, 3.63) is 138 Å². The number of pyridine rings is 1. The lowest BCUT2D eigenvalue weighted by Crippen LogP contribution is -2.59. The first kappa shape index (κ1) is 27.6. The topological polar surface area (TPSA) is 101 Å². The van der Waals surface area contributed by atoms with Crippen LogP contribution in [-0.4, -0.2) is 64.7 Å². The highest BCUT2D eigenvalue weighted by molar-refractivity contribution is 5.47. The minimum absolute atomic E-state index is 0.0521. The van der Waals surface area contributed by atoms with Gasteiger partial charge in [-0.15, -0.1) is 0 Å². The fourth-order valence-electron chi connectivity index (χ4n) is 4.54. The number of methoxy groups -OCH3 is 1. The smallest absolute Gasteiger partial charge is 0.186 e. The summed E-state index contributed by atoms with van der Waals surface area (Å²) in [4.78, 5) is 3.78. The number of rotatable bonds is 7. The van der Waals surface area contributed by atoms with E-state index in [1.54, 1.807) is 12.4 Å². The first-order chi connectivity index (χ1) is 18.6. The maximum Gasteiger partial charge on any atom is 0.186 e. The molecule has 5 unspecified atom stereocenters. The Morgan fingerprint density at radius 2 is 1.11 bits per heavy atom. The molecule has 4 aromatic rings. The monoisotopic (exact) mass is 515 g/mol. The van der Waals surface area contributed by atoms with E-state index in [2.05, 4.69) is 4.98 Å². The molecule has 0 bridgehead atoms. The van der Waals surface area contributed by atoms with Gasteiger partial charge in [0.2, 0.25) is 0 Å². The number of nitrogens with zero attached hydrogens (tertiary/aromatic N) is 1. The molecule has 0 aliphatic carbocycles. The molecule has 1 aromatic heterocycles. The van der Waals surface area contributed by atoms with Crippen molar-refractivity contribution in [2.45, 2.75) is 36.3 Å². The Balaban J connectivity index is 0.000000494. The van der Waals surface area contributed by atoms with Crippen molar-refractivity contribution < 1.29 is 29.5 Å². The molecule has 7 heteroatoms. The number of benzene rings is 3. The van der Waals surface area contributed by atoms with Gasteiger partial charge in [-0.1, -0.05) is 97.1 Å². The molecule has 1 fully saturated rings. The number of hydrogen-bond acceptors (Lipinski definition) is 7. The summed E-state index contributed by atoms with van der Waals surface area (Å²) in [5, 5.41) is 30.9. The van der Waals surface area contributed by atoms with Gasteiger partial charge in [0.15, 0.2) is 6.29 Å². The number of hydrogen-bond donors (Lipinski definition) is 3. The second-order valence-corrected chi connectivity index (χ2v) is 8.87. The van der Waals surface area contributed by atoms with Crippen LogP contribution in [0, 0.1) is 0 Å². The lowest BCUT2D eigenvalue weighted by Gasteiger charge is -2.42. The van der Waals surface area contributed by atoms with Gasteiger partial charge >= 0.3 is 0 Å². The van der Waals surface area contributed by atoms with E-state index in [1.807, 2.05) is 109 Å². The van der Waals surface area contributed by atoms with Crippen LogP contribution in [-0.2, 0) is 19.8 Å². The summed E-state index contributed by atoms with van der Waals surface area (Å²) in [6, 6.07) is 35.2. The van der Waals surface area contributed by atoms with Gasteiger partial charge in [-0.25, -0.2) is 0 Å². The first-order valence-corrected chi connectivity index (χ1v) is 12.5. The van der Waals surface area contributed by atoms with Crippen LogP contribution in [0.1, 0.15) is 16.7 Å². The molecule has 7 nitrogen and oxygen atoms in total. The molecular formula is C31H33NO6. The number of aromatic nitrogens is 1. The maximum atomic E-state index is 10.6. The molecule has 3 N–H and O–H groups in total. The zero-order chi connectivity index (χ0) is 26.8. The quantitative estimate of drug-likeness (QED) is 0.324. The van der Waals surface area contributed by atoms with Crippen LogP contribution in [0.2, 0.25) is 0 Å². The van der Waals surface area contributed by atoms with Gasteiger partial charge < -0.3 is 29.5 Å². The molecule has 0 amide bonds. The van der Waals surface area contributed by atoms with Gasteiger partial charge in [0.25, 0.3) is 0 Å². The summed E-state index contributed by atoms with van der Waals surface area (Å²) in [5.41, 5.74) is 1.74. The lowest BCUT2D eigenvalue weighted by atomic mass is 9.80. The second kappa shape index (κ2) is 13.4. The largest absolute Gasteiger partial charge is 0.387 e. The molecule has 5 rings (SSSR count). The van der Waals surface area contributed by atoms with E-state index in [9.17, 15) is 15.3 Å². The molecule has 198 valence electrons. The van der Waals surface area contributed by atoms with E-state index < -0.39 is 36.3 Å². The summed E-state index contributed by atoms with van der Waals surface area (Å²) in [6.07, 6.45) is -2.58. The van der Waals surface area contributed by atoms with Crippen molar-refractivity contribution in [3.63, 3.8) is 0 Å². The summed E-state index contributed by atoms with van der Waals surface area (Å²) in [6.45, 7) is -0.0521. The van der Waals surface area contributed by atoms with Gasteiger partial charge in [-0.3, -0.25) is 4.98 Å². The van der Waals surface area contributed by atoms with Crippen LogP contribution in [0.4, 0.5) is 0 Å². The predicted octanol–water partition coefficient (Wildman–Crippen LogP) is 3.53. The normalized spacial score (nSPS) is 23.2. The Morgan fingerprint density at radius 1 is 0.658 bits per heavy atom. The van der Waals surface area contributed by atoms with E-state index in [0.29, 0.717) is 0 Å². The molecule has 2 heterocycles. The van der Waals surface area contributed by atoms with Gasteiger partial charge in [0, 0.05) is 19.5 Å². The fraction of sp³-hybridized carbons (Fsp3) is 0.258. The average Bonchev–Trinajstić information content (AvgIpc) is 3.00. The molecule has 38 heavy (non-hydrogen) atoms. The molecule has 0 spiro atoms. The number of aliphatic hydroxyl groups is 3. The highest BCUT2D eigenvalue weighted by atomic mass is 16.7. The van der Waals surface area contributed by atoms with E-state index in [1.165, 1.54) is 7.11 Å². The van der Waals surface area contributed by atoms with Crippen LogP contribution in [0.3, 0.4) is 0 Å². The van der Waals surface area contributed by atoms with Crippen molar-refractivity contribution in [3.8, 4) is 0 Å². The molecule has 5 atom stereocenters. The van der Waals surface area contributed by atoms with Crippen molar-refractivity contribution in [1.82, 2.24) is 4.98 Å². The van der Waals surface area contributed by atoms with E-state index in [0.717, 1.165) is 16.7 Å². The maximum absolute atomic E-state index is 10.6. The zero-order valence-electron chi connectivity index (χ0n) is 21.2. The molecule has 0 radical (unpaired) electrons. The molecule has 3 aromatic carbocycles. The highest BCUT2D eigenvalue weighted by Crippen LogP contribution is 2.41. The van der Waals surface area contributed by atoms with Crippen molar-refractivity contribution in [1.29, 1.82) is 0 Å². The van der Waals surface area contributed by atoms with Crippen molar-refractivity contribution in [2.24, 2.45) is 0 Å². The Kier molecular flexibility index (Phi) is 9.73. The fourth-order valence-corrected chi connectivity index (χ4v) is 4.54. The third-order valence-corrected chi connectivity index (χ3v) is 6.47. The summed E-state index contributed by atoms with van der Waals surface area (Å²) >= 11 is 0. The SMILES string of the molecule is COC1OC(COC(c2ccccc2)(c2ccccc2)c2ccccc2)C(O)C(O)C1O.c1ccncc1. The van der Waals surface area contributed by atoms with Crippen LogP contribution >= 0.6 is 0 Å². The summed E-state index contributed by atoms with van der Waals surface area (Å²) in [7, 11) is 1.37. The Labute approximate surface area is 222 Å². The van der Waals surface area contributed by atoms with Crippen molar-refractivity contribution >= 4 is 0 Å². The molecule has 1 saturated heterocycles. The Hall–Kier alpha value is -3.43. The van der Waals surface area contributed by atoms with Crippen LogP contribution in [0.25, 0.3) is 0 Å². The third kappa shape index (κ3) is 6.16. The molecule has 1 aliphatic heterocycles. The summed E-state index contributed by atoms with van der Waals surface area (Å²) in [5.74, 6) is 0. The molecule has 0 saturated carbocycles. The first-order valence-electron chi connectivity index (χ1n) is 12.5. The average molecular weight is 516 g/mol. The minimum Gasteiger partial charge on any atom is -0.387 e. The van der Waals surface area contributed by atoms with E-state index >= 15 is 0 Å². The van der Waals surface area contributed by atoms with E-state index in [4.69, 9.17) is 14.2 Å². The Bertz CT molecular complexity index is 1070. The van der Waals surface area contributed by atoms with E-state index in [-0.39, 0.29) is 6.61 Å². The number of ether oxygens (including phenoxy) is 3. The molecular weight excluding hydrogens is 482 g/mol. The van der Waals surface area contributed by atoms with Crippen LogP contribution in [0.5, 0.6) is 0 Å². The minimum atomic E-state index is -1.41. The van der Waals surface area contributed by atoms with Gasteiger partial charge in [-0.05, 0) is 28.8 Å².